The first kappa shape index (κ1) is 21.7. The number of hydrogen-bond donors (Lipinski definition) is 1. The summed E-state index contributed by atoms with van der Waals surface area (Å²) >= 11 is 0. The second-order valence-corrected chi connectivity index (χ2v) is 9.01. The molecule has 4 aromatic rings. The van der Waals surface area contributed by atoms with Gasteiger partial charge >= 0.3 is 0 Å². The molecule has 0 spiro atoms. The topological polar surface area (TPSA) is 80.7 Å². The number of pyridine rings is 1. The summed E-state index contributed by atoms with van der Waals surface area (Å²) < 4.78 is 27.9. The number of hydrogen-bond acceptors (Lipinski definition) is 5. The maximum Gasteiger partial charge on any atom is 0.240 e. The summed E-state index contributed by atoms with van der Waals surface area (Å²) in [4.78, 5) is 10.4. The van der Waals surface area contributed by atoms with Crippen molar-refractivity contribution in [2.75, 3.05) is 6.54 Å². The lowest BCUT2D eigenvalue weighted by atomic mass is 10.1. The molecule has 0 aliphatic rings. The van der Waals surface area contributed by atoms with Gasteiger partial charge in [-0.1, -0.05) is 78.0 Å². The molecule has 162 valence electrons. The Kier molecular flexibility index (Phi) is 6.89. The summed E-state index contributed by atoms with van der Waals surface area (Å²) in [7, 11) is -3.65. The minimum Gasteiger partial charge on any atom is -0.391 e. The Balaban J connectivity index is 1.49. The minimum absolute atomic E-state index is 0.0806. The van der Waals surface area contributed by atoms with Crippen LogP contribution in [0.1, 0.15) is 11.1 Å². The van der Waals surface area contributed by atoms with Gasteiger partial charge in [0.2, 0.25) is 10.0 Å². The van der Waals surface area contributed by atoms with Gasteiger partial charge in [0.25, 0.3) is 0 Å². The summed E-state index contributed by atoms with van der Waals surface area (Å²) in [5, 5.41) is 5.17. The second-order valence-electron chi connectivity index (χ2n) is 7.24. The largest absolute Gasteiger partial charge is 0.391 e. The van der Waals surface area contributed by atoms with Crippen LogP contribution >= 0.6 is 0 Å². The molecule has 1 aromatic heterocycles. The highest BCUT2D eigenvalue weighted by molar-refractivity contribution is 7.89. The molecule has 0 saturated carbocycles. The average molecular weight is 446 g/mol. The van der Waals surface area contributed by atoms with E-state index in [9.17, 15) is 8.42 Å². The van der Waals surface area contributed by atoms with Gasteiger partial charge in [-0.15, -0.1) is 0 Å². The summed E-state index contributed by atoms with van der Waals surface area (Å²) in [6.07, 6.45) is 3.36. The molecule has 0 aliphatic heterocycles. The van der Waals surface area contributed by atoms with E-state index in [2.05, 4.69) is 14.9 Å². The van der Waals surface area contributed by atoms with Gasteiger partial charge in [0.15, 0.2) is 0 Å². The monoisotopic (exact) mass is 445 g/mol. The standard InChI is InChI=1S/C25H23N3O3S/c29-32(30,24-14-5-2-6-15-24)28-19-23(17-20-9-3-1-4-10-20)31-27-18-22-12-7-11-21-13-8-16-26-25(21)22/h1-16,18,23,28H,17,19H2/b27-18+. The van der Waals surface area contributed by atoms with Crippen LogP contribution in [0.4, 0.5) is 0 Å². The first-order valence-corrected chi connectivity index (χ1v) is 11.7. The SMILES string of the molecule is O=S(=O)(NCC(Cc1ccccc1)O/N=C/c1cccc2cccnc12)c1ccccc1. The Hall–Kier alpha value is -3.55. The van der Waals surface area contributed by atoms with Crippen LogP contribution in [0.2, 0.25) is 0 Å². The lowest BCUT2D eigenvalue weighted by Gasteiger charge is -2.16. The molecule has 1 unspecified atom stereocenters. The minimum atomic E-state index is -3.65. The summed E-state index contributed by atoms with van der Waals surface area (Å²) in [5.41, 5.74) is 2.68. The van der Waals surface area contributed by atoms with Crippen molar-refractivity contribution in [3.63, 3.8) is 0 Å². The first-order valence-electron chi connectivity index (χ1n) is 10.2. The molecule has 3 aromatic carbocycles. The first-order chi connectivity index (χ1) is 15.6. The van der Waals surface area contributed by atoms with Gasteiger partial charge in [0.1, 0.15) is 6.10 Å². The maximum absolute atomic E-state index is 12.6. The number of sulfonamides is 1. The Morgan fingerprint density at radius 3 is 2.41 bits per heavy atom. The van der Waals surface area contributed by atoms with Crippen molar-refractivity contribution in [2.24, 2.45) is 5.16 Å². The van der Waals surface area contributed by atoms with Gasteiger partial charge in [0, 0.05) is 23.6 Å². The molecule has 4 rings (SSSR count). The fourth-order valence-corrected chi connectivity index (χ4v) is 4.40. The predicted octanol–water partition coefficient (Wildman–Crippen LogP) is 4.18. The van der Waals surface area contributed by atoms with E-state index in [-0.39, 0.29) is 11.4 Å². The Morgan fingerprint density at radius 2 is 1.62 bits per heavy atom. The molecule has 0 saturated heterocycles. The molecule has 7 heteroatoms. The van der Waals surface area contributed by atoms with Crippen LogP contribution in [0, 0.1) is 0 Å². The number of oxime groups is 1. The van der Waals surface area contributed by atoms with Crippen molar-refractivity contribution in [3.05, 3.63) is 108 Å². The Morgan fingerprint density at radius 1 is 0.906 bits per heavy atom. The number of benzene rings is 3. The third-order valence-electron chi connectivity index (χ3n) is 4.93. The highest BCUT2D eigenvalue weighted by Crippen LogP contribution is 2.15. The zero-order valence-corrected chi connectivity index (χ0v) is 18.2. The molecule has 6 nitrogen and oxygen atoms in total. The van der Waals surface area contributed by atoms with Crippen LogP contribution in [0.3, 0.4) is 0 Å². The van der Waals surface area contributed by atoms with Gasteiger partial charge in [-0.2, -0.15) is 0 Å². The highest BCUT2D eigenvalue weighted by atomic mass is 32.2. The Bertz CT molecular complexity index is 1290. The van der Waals surface area contributed by atoms with Gasteiger partial charge < -0.3 is 4.84 Å². The van der Waals surface area contributed by atoms with E-state index in [1.165, 1.54) is 0 Å². The molecular weight excluding hydrogens is 422 g/mol. The summed E-state index contributed by atoms with van der Waals surface area (Å²) in [6.45, 7) is 0.0806. The van der Waals surface area contributed by atoms with E-state index in [0.29, 0.717) is 6.42 Å². The average Bonchev–Trinajstić information content (AvgIpc) is 2.84. The molecule has 0 amide bonds. The molecule has 0 radical (unpaired) electrons. The van der Waals surface area contributed by atoms with Crippen LogP contribution in [0.15, 0.2) is 107 Å². The lowest BCUT2D eigenvalue weighted by molar-refractivity contribution is 0.0641. The zero-order valence-electron chi connectivity index (χ0n) is 17.3. The van der Waals surface area contributed by atoms with E-state index >= 15 is 0 Å². The van der Waals surface area contributed by atoms with Crippen LogP contribution in [-0.2, 0) is 21.3 Å². The van der Waals surface area contributed by atoms with Gasteiger partial charge in [0.05, 0.1) is 23.2 Å². The third kappa shape index (κ3) is 5.57. The number of aromatic nitrogens is 1. The molecule has 0 aliphatic carbocycles. The quantitative estimate of drug-likeness (QED) is 0.310. The van der Waals surface area contributed by atoms with Crippen molar-refractivity contribution in [1.82, 2.24) is 9.71 Å². The van der Waals surface area contributed by atoms with Crippen LogP contribution < -0.4 is 4.72 Å². The van der Waals surface area contributed by atoms with Crippen molar-refractivity contribution < 1.29 is 13.3 Å². The van der Waals surface area contributed by atoms with Crippen molar-refractivity contribution in [1.29, 1.82) is 0 Å². The fourth-order valence-electron chi connectivity index (χ4n) is 3.31. The van der Waals surface area contributed by atoms with Crippen LogP contribution in [0.25, 0.3) is 10.9 Å². The number of rotatable bonds is 9. The predicted molar refractivity (Wildman–Crippen MR) is 126 cm³/mol. The lowest BCUT2D eigenvalue weighted by Crippen LogP contribution is -2.34. The third-order valence-corrected chi connectivity index (χ3v) is 6.37. The number of nitrogens with zero attached hydrogens (tertiary/aromatic N) is 2. The van der Waals surface area contributed by atoms with Crippen molar-refractivity contribution >= 4 is 27.1 Å². The normalized spacial score (nSPS) is 12.8. The van der Waals surface area contributed by atoms with Gasteiger partial charge in [-0.05, 0) is 23.8 Å². The van der Waals surface area contributed by atoms with Crippen molar-refractivity contribution in [2.45, 2.75) is 17.4 Å². The van der Waals surface area contributed by atoms with E-state index in [0.717, 1.165) is 22.0 Å². The molecule has 1 heterocycles. The molecule has 1 N–H and O–H groups in total. The van der Waals surface area contributed by atoms with E-state index in [1.807, 2.05) is 60.7 Å². The van der Waals surface area contributed by atoms with Gasteiger partial charge in [-0.25, -0.2) is 13.1 Å². The fraction of sp³-hybridized carbons (Fsp3) is 0.120. The smallest absolute Gasteiger partial charge is 0.240 e. The number of para-hydroxylation sites is 1. The molecule has 0 bridgehead atoms. The van der Waals surface area contributed by atoms with E-state index in [1.54, 1.807) is 42.7 Å². The summed E-state index contributed by atoms with van der Waals surface area (Å²) in [5.74, 6) is 0. The molecule has 32 heavy (non-hydrogen) atoms. The van der Waals surface area contributed by atoms with Crippen LogP contribution in [-0.4, -0.2) is 32.3 Å². The van der Waals surface area contributed by atoms with Crippen LogP contribution in [0.5, 0.6) is 0 Å². The maximum atomic E-state index is 12.6. The van der Waals surface area contributed by atoms with E-state index < -0.39 is 16.1 Å². The highest BCUT2D eigenvalue weighted by Gasteiger charge is 2.18. The number of nitrogens with one attached hydrogen (secondary N) is 1. The number of fused-ring (bicyclic) bond motifs is 1. The summed E-state index contributed by atoms with van der Waals surface area (Å²) in [6, 6.07) is 27.7. The van der Waals surface area contributed by atoms with Crippen molar-refractivity contribution in [3.8, 4) is 0 Å². The second kappa shape index (κ2) is 10.2. The molecular formula is C25H23N3O3S. The van der Waals surface area contributed by atoms with E-state index in [4.69, 9.17) is 4.84 Å². The Labute approximate surface area is 187 Å². The molecule has 0 fully saturated rings. The van der Waals surface area contributed by atoms with Gasteiger partial charge in [-0.3, -0.25) is 4.98 Å². The zero-order chi connectivity index (χ0) is 22.2. The molecule has 1 atom stereocenters.